The highest BCUT2D eigenvalue weighted by Crippen LogP contribution is 2.72. The van der Waals surface area contributed by atoms with E-state index in [0.29, 0.717) is 29.7 Å². The third kappa shape index (κ3) is 4.76. The third-order valence-electron chi connectivity index (χ3n) is 12.8. The Morgan fingerprint density at radius 2 is 1.79 bits per heavy atom. The summed E-state index contributed by atoms with van der Waals surface area (Å²) in [6.07, 6.45) is 7.75. The molecule has 1 heterocycles. The van der Waals surface area contributed by atoms with Gasteiger partial charge in [0, 0.05) is 24.7 Å². The van der Waals surface area contributed by atoms with Crippen molar-refractivity contribution in [3.05, 3.63) is 48.0 Å². The van der Waals surface area contributed by atoms with Crippen LogP contribution >= 0.6 is 0 Å². The van der Waals surface area contributed by atoms with E-state index in [1.807, 2.05) is 37.3 Å². The van der Waals surface area contributed by atoms with E-state index >= 15 is 0 Å². The minimum atomic E-state index is -1.21. The van der Waals surface area contributed by atoms with E-state index < -0.39 is 11.2 Å². The molecule has 1 aliphatic heterocycles. The Bertz CT molecular complexity index is 1210. The van der Waals surface area contributed by atoms with Crippen LogP contribution in [0.4, 0.5) is 0 Å². The first-order valence-electron chi connectivity index (χ1n) is 16.3. The highest BCUT2D eigenvalue weighted by Gasteiger charge is 2.74. The van der Waals surface area contributed by atoms with Gasteiger partial charge >= 0.3 is 11.9 Å². The van der Waals surface area contributed by atoms with Crippen LogP contribution in [0.1, 0.15) is 103 Å². The van der Waals surface area contributed by atoms with E-state index in [0.717, 1.165) is 56.9 Å². The largest absolute Gasteiger partial charge is 0.463 e. The van der Waals surface area contributed by atoms with Crippen molar-refractivity contribution in [2.24, 2.45) is 46.3 Å². The number of fused-ring (bicyclic) bond motifs is 7. The van der Waals surface area contributed by atoms with E-state index in [2.05, 4.69) is 27.4 Å². The molecule has 1 aromatic rings. The van der Waals surface area contributed by atoms with Crippen molar-refractivity contribution in [2.45, 2.75) is 117 Å². The van der Waals surface area contributed by atoms with Crippen molar-refractivity contribution in [3.63, 3.8) is 0 Å². The smallest absolute Gasteiger partial charge is 0.338 e. The number of hydrogen-bond acceptors (Lipinski definition) is 6. The lowest BCUT2D eigenvalue weighted by molar-refractivity contribution is -0.211. The van der Waals surface area contributed by atoms with Crippen LogP contribution in [0.2, 0.25) is 0 Å². The summed E-state index contributed by atoms with van der Waals surface area (Å²) in [7, 11) is 0. The zero-order chi connectivity index (χ0) is 30.0. The van der Waals surface area contributed by atoms with Gasteiger partial charge in [-0.25, -0.2) is 4.79 Å². The lowest BCUT2D eigenvalue weighted by Crippen LogP contribution is -2.60. The minimum Gasteiger partial charge on any atom is -0.463 e. The molecule has 6 rings (SSSR count). The third-order valence-corrected chi connectivity index (χ3v) is 12.8. The molecule has 0 amide bonds. The van der Waals surface area contributed by atoms with Crippen LogP contribution in [0.3, 0.4) is 0 Å². The molecule has 0 spiro atoms. The van der Waals surface area contributed by atoms with Gasteiger partial charge in [0.05, 0.1) is 11.7 Å². The molecular formula is C36H50O6. The van der Waals surface area contributed by atoms with Gasteiger partial charge in [-0.3, -0.25) is 4.79 Å². The van der Waals surface area contributed by atoms with Gasteiger partial charge in [0.2, 0.25) is 0 Å². The average Bonchev–Trinajstić information content (AvgIpc) is 3.34. The summed E-state index contributed by atoms with van der Waals surface area (Å²) < 4.78 is 18.9. The Balaban J connectivity index is 1.34. The van der Waals surface area contributed by atoms with Crippen LogP contribution in [0.15, 0.2) is 42.5 Å². The van der Waals surface area contributed by atoms with Gasteiger partial charge in [0.1, 0.15) is 12.2 Å². The molecule has 1 N–H and O–H groups in total. The number of ether oxygens (including phenoxy) is 3. The van der Waals surface area contributed by atoms with Gasteiger partial charge in [0.25, 0.3) is 0 Å². The molecule has 0 unspecified atom stereocenters. The summed E-state index contributed by atoms with van der Waals surface area (Å²) >= 11 is 0. The van der Waals surface area contributed by atoms with Gasteiger partial charge in [-0.15, -0.1) is 6.58 Å². The molecule has 6 nitrogen and oxygen atoms in total. The first kappa shape index (κ1) is 29.9. The Morgan fingerprint density at radius 1 is 1.05 bits per heavy atom. The van der Waals surface area contributed by atoms with Gasteiger partial charge in [-0.1, -0.05) is 44.5 Å². The topological polar surface area (TPSA) is 82.1 Å². The molecule has 4 aliphatic carbocycles. The Hall–Kier alpha value is -2.18. The van der Waals surface area contributed by atoms with Gasteiger partial charge in [0.15, 0.2) is 5.79 Å². The number of esters is 2. The van der Waals surface area contributed by atoms with Crippen LogP contribution < -0.4 is 0 Å². The maximum Gasteiger partial charge on any atom is 0.338 e. The SMILES string of the molecule is C=C(C)CC[C@H]1O[C@@]2(O)C[C@H]3[C@@H]4CC[C@H]5C[C@@H](OC(C)=O)CC[C@]5(C)[C@H]4C[C@@H](OC(=O)c4ccccc4)[C@]3(C)[C@H]2[C@@H]1C. The van der Waals surface area contributed by atoms with E-state index in [-0.39, 0.29) is 53.4 Å². The van der Waals surface area contributed by atoms with Crippen LogP contribution in [0.25, 0.3) is 0 Å². The van der Waals surface area contributed by atoms with E-state index in [4.69, 9.17) is 14.2 Å². The summed E-state index contributed by atoms with van der Waals surface area (Å²) in [5, 5.41) is 12.3. The molecule has 5 aliphatic rings. The van der Waals surface area contributed by atoms with E-state index in [1.165, 1.54) is 6.92 Å². The summed E-state index contributed by atoms with van der Waals surface area (Å²) in [6.45, 7) is 14.6. The predicted molar refractivity (Wildman–Crippen MR) is 160 cm³/mol. The monoisotopic (exact) mass is 578 g/mol. The lowest BCUT2D eigenvalue weighted by atomic mass is 9.43. The Kier molecular flexibility index (Phi) is 7.66. The first-order valence-corrected chi connectivity index (χ1v) is 16.3. The zero-order valence-electron chi connectivity index (χ0n) is 26.1. The van der Waals surface area contributed by atoms with Crippen LogP contribution in [-0.2, 0) is 19.0 Å². The van der Waals surface area contributed by atoms with Crippen molar-refractivity contribution in [1.82, 2.24) is 0 Å². The number of allylic oxidation sites excluding steroid dienone is 1. The van der Waals surface area contributed by atoms with Gasteiger partial charge in [-0.05, 0) is 105 Å². The van der Waals surface area contributed by atoms with E-state index in [9.17, 15) is 14.7 Å². The maximum absolute atomic E-state index is 13.6. The summed E-state index contributed by atoms with van der Waals surface area (Å²) in [5.41, 5.74) is 1.38. The first-order chi connectivity index (χ1) is 19.9. The normalized spacial score (nSPS) is 45.6. The molecule has 1 aromatic carbocycles. The Morgan fingerprint density at radius 3 is 2.48 bits per heavy atom. The highest BCUT2D eigenvalue weighted by atomic mass is 16.6. The second-order valence-electron chi connectivity index (χ2n) is 15.1. The van der Waals surface area contributed by atoms with Crippen molar-refractivity contribution in [1.29, 1.82) is 0 Å². The van der Waals surface area contributed by atoms with Crippen LogP contribution in [-0.4, -0.2) is 41.1 Å². The number of carbonyl (C=O) groups is 2. The second kappa shape index (κ2) is 10.8. The summed E-state index contributed by atoms with van der Waals surface area (Å²) in [6, 6.07) is 9.30. The highest BCUT2D eigenvalue weighted by molar-refractivity contribution is 5.89. The number of carbonyl (C=O) groups excluding carboxylic acids is 2. The number of hydrogen-bond donors (Lipinski definition) is 1. The molecule has 0 radical (unpaired) electrons. The lowest BCUT2D eigenvalue weighted by Gasteiger charge is -2.62. The fourth-order valence-corrected chi connectivity index (χ4v) is 10.9. The fourth-order valence-electron chi connectivity index (χ4n) is 10.9. The van der Waals surface area contributed by atoms with E-state index in [1.54, 1.807) is 0 Å². The average molecular weight is 579 g/mol. The van der Waals surface area contributed by atoms with Gasteiger partial charge < -0.3 is 19.3 Å². The standard InChI is InChI=1S/C36H50O6/c1-21(2)12-15-30-22(3)32-35(6)29(20-36(32,39)42-30)27-14-13-25-18-26(40-23(4)37)16-17-34(25,5)28(27)19-31(35)41-33(38)24-10-8-7-9-11-24/h7-11,22,25-32,39H,1,12-20H2,2-6H3/t22-,25+,26+,27-,28+,29+,30-,31-,32-,34+,35-,36+/m1/s1. The predicted octanol–water partition coefficient (Wildman–Crippen LogP) is 7.10. The number of benzene rings is 1. The molecule has 1 saturated heterocycles. The molecule has 230 valence electrons. The molecule has 6 heteroatoms. The van der Waals surface area contributed by atoms with Crippen molar-refractivity contribution < 1.29 is 28.9 Å². The molecule has 0 bridgehead atoms. The van der Waals surface area contributed by atoms with Crippen molar-refractivity contribution >= 4 is 11.9 Å². The zero-order valence-corrected chi connectivity index (χ0v) is 26.1. The van der Waals surface area contributed by atoms with Crippen LogP contribution in [0, 0.1) is 46.3 Å². The maximum atomic E-state index is 13.6. The molecule has 0 aromatic heterocycles. The van der Waals surface area contributed by atoms with Gasteiger partial charge in [-0.2, -0.15) is 0 Å². The summed E-state index contributed by atoms with van der Waals surface area (Å²) in [4.78, 5) is 25.4. The number of aliphatic hydroxyl groups is 1. The van der Waals surface area contributed by atoms with Crippen LogP contribution in [0.5, 0.6) is 0 Å². The quantitative estimate of drug-likeness (QED) is 0.286. The molecule has 12 atom stereocenters. The number of rotatable bonds is 6. The summed E-state index contributed by atoms with van der Waals surface area (Å²) in [5.74, 6) is -0.169. The van der Waals surface area contributed by atoms with Crippen molar-refractivity contribution in [2.75, 3.05) is 0 Å². The second-order valence-corrected chi connectivity index (χ2v) is 15.1. The molecule has 4 saturated carbocycles. The molecule has 42 heavy (non-hydrogen) atoms. The fraction of sp³-hybridized carbons (Fsp3) is 0.722. The van der Waals surface area contributed by atoms with Crippen molar-refractivity contribution in [3.8, 4) is 0 Å². The minimum absolute atomic E-state index is 0.00498. The molecular weight excluding hydrogens is 528 g/mol. The Labute approximate surface area is 251 Å². The molecule has 5 fully saturated rings.